The summed E-state index contributed by atoms with van der Waals surface area (Å²) in [6.07, 6.45) is 1.75. The van der Waals surface area contributed by atoms with Crippen molar-refractivity contribution in [2.75, 3.05) is 6.54 Å². The van der Waals surface area contributed by atoms with E-state index in [-0.39, 0.29) is 6.04 Å². The van der Waals surface area contributed by atoms with E-state index in [1.54, 1.807) is 6.07 Å². The summed E-state index contributed by atoms with van der Waals surface area (Å²) in [5.74, 6) is 0.818. The van der Waals surface area contributed by atoms with Gasteiger partial charge < -0.3 is 9.73 Å². The predicted octanol–water partition coefficient (Wildman–Crippen LogP) is 3.91. The van der Waals surface area contributed by atoms with E-state index in [9.17, 15) is 0 Å². The van der Waals surface area contributed by atoms with Crippen molar-refractivity contribution in [2.24, 2.45) is 7.05 Å². The van der Waals surface area contributed by atoms with E-state index in [1.807, 2.05) is 24.7 Å². The highest BCUT2D eigenvalue weighted by Gasteiger charge is 2.20. The van der Waals surface area contributed by atoms with E-state index < -0.39 is 0 Å². The van der Waals surface area contributed by atoms with Crippen molar-refractivity contribution < 1.29 is 4.42 Å². The lowest BCUT2D eigenvalue weighted by atomic mass is 10.1. The molecule has 6 heteroatoms. The second kappa shape index (κ2) is 6.66. The van der Waals surface area contributed by atoms with Gasteiger partial charge in [-0.1, -0.05) is 18.5 Å². The molecule has 110 valence electrons. The van der Waals surface area contributed by atoms with Crippen LogP contribution in [0.1, 0.15) is 36.5 Å². The molecule has 4 nitrogen and oxygen atoms in total. The Morgan fingerprint density at radius 2 is 2.15 bits per heavy atom. The fourth-order valence-electron chi connectivity index (χ4n) is 2.20. The minimum Gasteiger partial charge on any atom is -0.448 e. The number of aryl methyl sites for hydroxylation is 2. The molecule has 2 aromatic rings. The van der Waals surface area contributed by atoms with Crippen LogP contribution < -0.4 is 5.32 Å². The van der Waals surface area contributed by atoms with E-state index >= 15 is 0 Å². The third kappa shape index (κ3) is 3.37. The van der Waals surface area contributed by atoms with Gasteiger partial charge in [0.1, 0.15) is 5.76 Å². The van der Waals surface area contributed by atoms with E-state index in [0.29, 0.717) is 16.7 Å². The summed E-state index contributed by atoms with van der Waals surface area (Å²) in [5, 5.41) is 8.92. The Kier molecular flexibility index (Phi) is 5.13. The van der Waals surface area contributed by atoms with Crippen LogP contribution in [0.15, 0.2) is 16.5 Å². The molecule has 1 unspecified atom stereocenters. The Morgan fingerprint density at radius 1 is 1.40 bits per heavy atom. The van der Waals surface area contributed by atoms with Crippen LogP contribution in [0, 0.1) is 6.92 Å². The van der Waals surface area contributed by atoms with Gasteiger partial charge in [0, 0.05) is 13.5 Å². The van der Waals surface area contributed by atoms with Gasteiger partial charge in [-0.15, -0.1) is 0 Å². The van der Waals surface area contributed by atoms with Gasteiger partial charge in [0.2, 0.25) is 0 Å². The zero-order valence-corrected chi connectivity index (χ0v) is 13.4. The molecule has 0 aliphatic carbocycles. The maximum absolute atomic E-state index is 6.32. The zero-order valence-electron chi connectivity index (χ0n) is 11.9. The Labute approximate surface area is 129 Å². The van der Waals surface area contributed by atoms with Gasteiger partial charge in [-0.2, -0.15) is 5.10 Å². The van der Waals surface area contributed by atoms with E-state index in [0.717, 1.165) is 30.1 Å². The van der Waals surface area contributed by atoms with Gasteiger partial charge in [0.25, 0.3) is 0 Å². The molecule has 1 atom stereocenters. The lowest BCUT2D eigenvalue weighted by Gasteiger charge is -2.16. The molecule has 0 amide bonds. The van der Waals surface area contributed by atoms with E-state index in [2.05, 4.69) is 17.3 Å². The SMILES string of the molecule is CCCNC(Cc1c(Cl)c(C)nn1C)c1ccc(Cl)o1. The minimum atomic E-state index is 0.0368. The first-order chi connectivity index (χ1) is 9.52. The van der Waals surface area contributed by atoms with Crippen LogP contribution in [-0.4, -0.2) is 16.3 Å². The van der Waals surface area contributed by atoms with Crippen LogP contribution in [0.4, 0.5) is 0 Å². The Balaban J connectivity index is 2.23. The third-order valence-electron chi connectivity index (χ3n) is 3.24. The average molecular weight is 316 g/mol. The molecular weight excluding hydrogens is 297 g/mol. The van der Waals surface area contributed by atoms with Crippen molar-refractivity contribution in [2.45, 2.75) is 32.7 Å². The molecule has 0 aliphatic heterocycles. The molecule has 0 spiro atoms. The number of nitrogens with one attached hydrogen (secondary N) is 1. The lowest BCUT2D eigenvalue weighted by molar-refractivity contribution is 0.405. The molecule has 0 saturated heterocycles. The van der Waals surface area contributed by atoms with Gasteiger partial charge in [-0.3, -0.25) is 4.68 Å². The summed E-state index contributed by atoms with van der Waals surface area (Å²) in [7, 11) is 1.90. The largest absolute Gasteiger partial charge is 0.448 e. The molecule has 2 heterocycles. The molecule has 1 N–H and O–H groups in total. The molecule has 20 heavy (non-hydrogen) atoms. The smallest absolute Gasteiger partial charge is 0.193 e. The highest BCUT2D eigenvalue weighted by molar-refractivity contribution is 6.31. The van der Waals surface area contributed by atoms with Gasteiger partial charge in [-0.25, -0.2) is 0 Å². The fraction of sp³-hybridized carbons (Fsp3) is 0.500. The van der Waals surface area contributed by atoms with Crippen molar-refractivity contribution in [3.05, 3.63) is 39.5 Å². The summed E-state index contributed by atoms with van der Waals surface area (Å²) in [5.41, 5.74) is 1.83. The van der Waals surface area contributed by atoms with Crippen LogP contribution in [0.3, 0.4) is 0 Å². The Hall–Kier alpha value is -0.970. The van der Waals surface area contributed by atoms with Crippen LogP contribution in [0.25, 0.3) is 0 Å². The molecule has 0 fully saturated rings. The quantitative estimate of drug-likeness (QED) is 0.878. The number of nitrogens with zero attached hydrogens (tertiary/aromatic N) is 2. The topological polar surface area (TPSA) is 43.0 Å². The lowest BCUT2D eigenvalue weighted by Crippen LogP contribution is -2.24. The van der Waals surface area contributed by atoms with Gasteiger partial charge >= 0.3 is 0 Å². The number of aromatic nitrogens is 2. The molecule has 0 aliphatic rings. The van der Waals surface area contributed by atoms with Crippen LogP contribution >= 0.6 is 23.2 Å². The highest BCUT2D eigenvalue weighted by Crippen LogP contribution is 2.27. The molecule has 0 saturated carbocycles. The summed E-state index contributed by atoms with van der Waals surface area (Å²) in [6, 6.07) is 3.69. The Morgan fingerprint density at radius 3 is 2.65 bits per heavy atom. The molecule has 0 bridgehead atoms. The van der Waals surface area contributed by atoms with Gasteiger partial charge in [-0.05, 0) is 43.6 Å². The maximum Gasteiger partial charge on any atom is 0.193 e. The van der Waals surface area contributed by atoms with E-state index in [1.165, 1.54) is 0 Å². The van der Waals surface area contributed by atoms with E-state index in [4.69, 9.17) is 27.6 Å². The van der Waals surface area contributed by atoms with Crippen LogP contribution in [0.2, 0.25) is 10.2 Å². The standard InChI is InChI=1S/C14H19Cl2N3O/c1-4-7-17-10(12-5-6-13(15)20-12)8-11-14(16)9(2)18-19(11)3/h5-6,10,17H,4,7-8H2,1-3H3. The second-order valence-corrected chi connectivity index (χ2v) is 5.57. The van der Waals surface area contributed by atoms with Crippen molar-refractivity contribution >= 4 is 23.2 Å². The molecule has 0 aromatic carbocycles. The monoisotopic (exact) mass is 315 g/mol. The normalized spacial score (nSPS) is 12.8. The second-order valence-electron chi connectivity index (χ2n) is 4.82. The zero-order chi connectivity index (χ0) is 14.7. The number of halogens is 2. The van der Waals surface area contributed by atoms with Crippen molar-refractivity contribution in [1.82, 2.24) is 15.1 Å². The summed E-state index contributed by atoms with van der Waals surface area (Å²) < 4.78 is 7.35. The first-order valence-corrected chi connectivity index (χ1v) is 7.45. The number of hydrogen-bond donors (Lipinski definition) is 1. The predicted molar refractivity (Wildman–Crippen MR) is 81.4 cm³/mol. The van der Waals surface area contributed by atoms with Crippen LogP contribution in [0.5, 0.6) is 0 Å². The average Bonchev–Trinajstić information content (AvgIpc) is 2.93. The fourth-order valence-corrected chi connectivity index (χ4v) is 2.59. The summed E-state index contributed by atoms with van der Waals surface area (Å²) >= 11 is 12.2. The number of hydrogen-bond acceptors (Lipinski definition) is 3. The molecule has 2 rings (SSSR count). The minimum absolute atomic E-state index is 0.0368. The summed E-state index contributed by atoms with van der Waals surface area (Å²) in [6.45, 7) is 4.93. The van der Waals surface area contributed by atoms with Gasteiger partial charge in [0.15, 0.2) is 5.22 Å². The van der Waals surface area contributed by atoms with Crippen LogP contribution in [-0.2, 0) is 13.5 Å². The molecule has 2 aromatic heterocycles. The molecule has 0 radical (unpaired) electrons. The highest BCUT2D eigenvalue weighted by atomic mass is 35.5. The number of rotatable bonds is 6. The first-order valence-electron chi connectivity index (χ1n) is 6.69. The summed E-state index contributed by atoms with van der Waals surface area (Å²) in [4.78, 5) is 0. The van der Waals surface area contributed by atoms with Crippen molar-refractivity contribution in [3.8, 4) is 0 Å². The van der Waals surface area contributed by atoms with Crippen molar-refractivity contribution in [3.63, 3.8) is 0 Å². The first kappa shape index (κ1) is 15.4. The number of furan rings is 1. The molecular formula is C14H19Cl2N3O. The van der Waals surface area contributed by atoms with Crippen molar-refractivity contribution in [1.29, 1.82) is 0 Å². The third-order valence-corrected chi connectivity index (χ3v) is 3.93. The Bertz CT molecular complexity index is 577. The van der Waals surface area contributed by atoms with Gasteiger partial charge in [0.05, 0.1) is 22.5 Å². The maximum atomic E-state index is 6.32.